The second-order valence-corrected chi connectivity index (χ2v) is 5.08. The summed E-state index contributed by atoms with van der Waals surface area (Å²) in [5.74, 6) is -0.375. The van der Waals surface area contributed by atoms with Gasteiger partial charge in [-0.15, -0.1) is 0 Å². The molecule has 98 valence electrons. The van der Waals surface area contributed by atoms with E-state index in [1.807, 2.05) is 19.1 Å². The molecule has 0 unspecified atom stereocenters. The van der Waals surface area contributed by atoms with E-state index in [1.165, 1.54) is 12.1 Å². The first-order valence-electron chi connectivity index (χ1n) is 5.30. The third-order valence-electron chi connectivity index (χ3n) is 2.37. The van der Waals surface area contributed by atoms with Crippen molar-refractivity contribution in [2.75, 3.05) is 0 Å². The van der Waals surface area contributed by atoms with E-state index < -0.39 is 5.97 Å². The number of ether oxygens (including phenoxy) is 1. The number of aryl methyl sites for hydroxylation is 1. The minimum Gasteiger partial charge on any atom is -0.478 e. The number of aromatic nitrogens is 1. The first kappa shape index (κ1) is 13.8. The molecule has 0 atom stereocenters. The molecule has 1 aromatic heterocycles. The maximum atomic E-state index is 10.9. The number of nitrogens with zero attached hydrogens (tertiary/aromatic N) is 1. The average molecular weight is 343 g/mol. The zero-order valence-corrected chi connectivity index (χ0v) is 12.2. The number of halogens is 2. The lowest BCUT2D eigenvalue weighted by Gasteiger charge is -2.07. The van der Waals surface area contributed by atoms with Crippen LogP contribution in [0.25, 0.3) is 0 Å². The predicted molar refractivity (Wildman–Crippen MR) is 75.2 cm³/mol. The molecule has 0 radical (unpaired) electrons. The molecule has 0 saturated heterocycles. The number of aromatic carboxylic acids is 1. The van der Waals surface area contributed by atoms with Gasteiger partial charge in [0.05, 0.1) is 5.56 Å². The fraction of sp³-hybridized carbons (Fsp3) is 0.0769. The zero-order chi connectivity index (χ0) is 14.0. The van der Waals surface area contributed by atoms with E-state index in [-0.39, 0.29) is 16.6 Å². The number of rotatable bonds is 3. The van der Waals surface area contributed by atoms with Crippen LogP contribution in [0.4, 0.5) is 0 Å². The lowest BCUT2D eigenvalue weighted by molar-refractivity contribution is 0.0696. The Morgan fingerprint density at radius 1 is 1.37 bits per heavy atom. The number of carbonyl (C=O) groups is 1. The van der Waals surface area contributed by atoms with Crippen LogP contribution in [0.15, 0.2) is 34.8 Å². The summed E-state index contributed by atoms with van der Waals surface area (Å²) in [6, 6.07) is 8.00. The van der Waals surface area contributed by atoms with Gasteiger partial charge in [0.1, 0.15) is 10.9 Å². The minimum absolute atomic E-state index is 0.0313. The zero-order valence-electron chi connectivity index (χ0n) is 9.85. The van der Waals surface area contributed by atoms with Gasteiger partial charge in [-0.05, 0) is 36.8 Å². The molecule has 1 N–H and O–H groups in total. The molecule has 2 rings (SSSR count). The molecule has 1 heterocycles. The Bertz CT molecular complexity index is 646. The first-order valence-corrected chi connectivity index (χ1v) is 6.47. The second kappa shape index (κ2) is 5.59. The van der Waals surface area contributed by atoms with Crippen LogP contribution < -0.4 is 4.74 Å². The van der Waals surface area contributed by atoms with Crippen LogP contribution in [0.2, 0.25) is 5.15 Å². The molecule has 0 bridgehead atoms. The molecule has 0 saturated carbocycles. The lowest BCUT2D eigenvalue weighted by atomic mass is 10.2. The molecule has 0 fully saturated rings. The Kier molecular flexibility index (Phi) is 4.07. The summed E-state index contributed by atoms with van der Waals surface area (Å²) >= 11 is 9.14. The van der Waals surface area contributed by atoms with Crippen LogP contribution >= 0.6 is 27.5 Å². The van der Waals surface area contributed by atoms with E-state index in [2.05, 4.69) is 20.9 Å². The van der Waals surface area contributed by atoms with Gasteiger partial charge in [0.2, 0.25) is 5.88 Å². The van der Waals surface area contributed by atoms with Gasteiger partial charge in [0.25, 0.3) is 0 Å². The standard InChI is InChI=1S/C13H9BrClNO3/c1-7-4-9(2-3-10(7)14)19-12-6-8(13(17)18)5-11(15)16-12/h2-6H,1H3,(H,17,18). The van der Waals surface area contributed by atoms with Gasteiger partial charge in [-0.3, -0.25) is 0 Å². The molecule has 0 aliphatic heterocycles. The molecular formula is C13H9BrClNO3. The van der Waals surface area contributed by atoms with Crippen molar-refractivity contribution in [3.63, 3.8) is 0 Å². The molecule has 6 heteroatoms. The summed E-state index contributed by atoms with van der Waals surface area (Å²) in [6.45, 7) is 1.92. The van der Waals surface area contributed by atoms with E-state index in [0.29, 0.717) is 5.75 Å². The highest BCUT2D eigenvalue weighted by atomic mass is 79.9. The number of carboxylic acid groups (broad SMARTS) is 1. The molecule has 0 spiro atoms. The molecule has 2 aromatic rings. The maximum Gasteiger partial charge on any atom is 0.335 e. The van der Waals surface area contributed by atoms with E-state index in [4.69, 9.17) is 21.4 Å². The van der Waals surface area contributed by atoms with Crippen LogP contribution in [-0.4, -0.2) is 16.1 Å². The van der Waals surface area contributed by atoms with E-state index in [0.717, 1.165) is 10.0 Å². The van der Waals surface area contributed by atoms with Crippen molar-refractivity contribution in [3.8, 4) is 11.6 Å². The molecule has 0 aliphatic carbocycles. The summed E-state index contributed by atoms with van der Waals surface area (Å²) in [6.07, 6.45) is 0. The summed E-state index contributed by atoms with van der Waals surface area (Å²) in [5, 5.41) is 9.01. The highest BCUT2D eigenvalue weighted by Gasteiger charge is 2.09. The van der Waals surface area contributed by atoms with Gasteiger partial charge < -0.3 is 9.84 Å². The fourth-order valence-corrected chi connectivity index (χ4v) is 1.90. The topological polar surface area (TPSA) is 59.4 Å². The number of carboxylic acids is 1. The third-order valence-corrected chi connectivity index (χ3v) is 3.45. The lowest BCUT2D eigenvalue weighted by Crippen LogP contribution is -1.98. The Morgan fingerprint density at radius 3 is 2.74 bits per heavy atom. The monoisotopic (exact) mass is 341 g/mol. The van der Waals surface area contributed by atoms with Crippen molar-refractivity contribution in [2.45, 2.75) is 6.92 Å². The van der Waals surface area contributed by atoms with Crippen LogP contribution in [0.3, 0.4) is 0 Å². The number of hydrogen-bond donors (Lipinski definition) is 1. The molecule has 0 aliphatic rings. The van der Waals surface area contributed by atoms with Gasteiger partial charge in [-0.25, -0.2) is 9.78 Å². The molecule has 19 heavy (non-hydrogen) atoms. The molecule has 4 nitrogen and oxygen atoms in total. The van der Waals surface area contributed by atoms with Crippen molar-refractivity contribution >= 4 is 33.5 Å². The Morgan fingerprint density at radius 2 is 2.11 bits per heavy atom. The van der Waals surface area contributed by atoms with Crippen LogP contribution in [0.1, 0.15) is 15.9 Å². The van der Waals surface area contributed by atoms with Crippen molar-refractivity contribution in [1.29, 1.82) is 0 Å². The molecular weight excluding hydrogens is 334 g/mol. The minimum atomic E-state index is -1.08. The second-order valence-electron chi connectivity index (χ2n) is 3.83. The summed E-state index contributed by atoms with van der Waals surface area (Å²) in [7, 11) is 0. The molecule has 0 amide bonds. The van der Waals surface area contributed by atoms with Crippen LogP contribution in [0.5, 0.6) is 11.6 Å². The van der Waals surface area contributed by atoms with Gasteiger partial charge in [0, 0.05) is 10.5 Å². The smallest absolute Gasteiger partial charge is 0.335 e. The van der Waals surface area contributed by atoms with E-state index >= 15 is 0 Å². The fourth-order valence-electron chi connectivity index (χ4n) is 1.45. The van der Waals surface area contributed by atoms with Crippen LogP contribution in [-0.2, 0) is 0 Å². The Hall–Kier alpha value is -1.59. The third kappa shape index (κ3) is 3.45. The van der Waals surface area contributed by atoms with Crippen molar-refractivity contribution in [1.82, 2.24) is 4.98 Å². The van der Waals surface area contributed by atoms with Crippen LogP contribution in [0, 0.1) is 6.92 Å². The SMILES string of the molecule is Cc1cc(Oc2cc(C(=O)O)cc(Cl)n2)ccc1Br. The van der Waals surface area contributed by atoms with Crippen molar-refractivity contribution in [3.05, 3.63) is 51.1 Å². The van der Waals surface area contributed by atoms with Gasteiger partial charge in [0.15, 0.2) is 0 Å². The normalized spacial score (nSPS) is 10.3. The summed E-state index contributed by atoms with van der Waals surface area (Å²) in [4.78, 5) is 14.8. The number of pyridine rings is 1. The maximum absolute atomic E-state index is 10.9. The van der Waals surface area contributed by atoms with Gasteiger partial charge in [-0.1, -0.05) is 27.5 Å². The van der Waals surface area contributed by atoms with Crippen molar-refractivity contribution < 1.29 is 14.6 Å². The Labute approximate surface area is 123 Å². The van der Waals surface area contributed by atoms with Gasteiger partial charge in [-0.2, -0.15) is 0 Å². The largest absolute Gasteiger partial charge is 0.478 e. The number of benzene rings is 1. The summed E-state index contributed by atoms with van der Waals surface area (Å²) in [5.41, 5.74) is 1.03. The molecule has 1 aromatic carbocycles. The summed E-state index contributed by atoms with van der Waals surface area (Å²) < 4.78 is 6.47. The number of hydrogen-bond acceptors (Lipinski definition) is 3. The Balaban J connectivity index is 2.32. The van der Waals surface area contributed by atoms with E-state index in [1.54, 1.807) is 6.07 Å². The first-order chi connectivity index (χ1) is 8.95. The van der Waals surface area contributed by atoms with Crippen molar-refractivity contribution in [2.24, 2.45) is 0 Å². The van der Waals surface area contributed by atoms with E-state index in [9.17, 15) is 4.79 Å². The quantitative estimate of drug-likeness (QED) is 0.845. The average Bonchev–Trinajstić information content (AvgIpc) is 2.33. The highest BCUT2D eigenvalue weighted by Crippen LogP contribution is 2.26. The predicted octanol–water partition coefficient (Wildman–Crippen LogP) is 4.30. The highest BCUT2D eigenvalue weighted by molar-refractivity contribution is 9.10. The van der Waals surface area contributed by atoms with Gasteiger partial charge >= 0.3 is 5.97 Å².